The van der Waals surface area contributed by atoms with Crippen molar-refractivity contribution < 1.29 is 29.3 Å². The van der Waals surface area contributed by atoms with Crippen LogP contribution in [0.1, 0.15) is 44.7 Å². The van der Waals surface area contributed by atoms with E-state index in [4.69, 9.17) is 4.74 Å². The van der Waals surface area contributed by atoms with Gasteiger partial charge in [0.1, 0.15) is 0 Å². The minimum Gasteiger partial charge on any atom is -0.449 e. The van der Waals surface area contributed by atoms with E-state index in [9.17, 15) is 24.6 Å². The van der Waals surface area contributed by atoms with E-state index in [-0.39, 0.29) is 30.8 Å². The minimum absolute atomic E-state index is 0.0817. The SMILES string of the molecule is CCOC(=O)NN=C1C[C@@H](O)[C@@H](O)[C@@H]2[C@@H]3C(=O)N([C@@H](C)c4ccccc4)C(=O)[C@@H]3CC[C@@H]12. The molecule has 1 aromatic carbocycles. The van der Waals surface area contributed by atoms with Crippen molar-refractivity contribution in [2.45, 2.75) is 51.4 Å². The van der Waals surface area contributed by atoms with E-state index in [1.165, 1.54) is 4.90 Å². The largest absolute Gasteiger partial charge is 0.449 e. The van der Waals surface area contributed by atoms with Gasteiger partial charge in [-0.25, -0.2) is 10.2 Å². The molecule has 9 heteroatoms. The molecule has 1 aliphatic heterocycles. The first-order chi connectivity index (χ1) is 15.3. The number of nitrogens with one attached hydrogen (secondary N) is 1. The number of hydrazone groups is 1. The maximum atomic E-state index is 13.5. The predicted octanol–water partition coefficient (Wildman–Crippen LogP) is 1.60. The summed E-state index contributed by atoms with van der Waals surface area (Å²) in [6, 6.07) is 8.92. The summed E-state index contributed by atoms with van der Waals surface area (Å²) >= 11 is 0. The molecule has 0 bridgehead atoms. The highest BCUT2D eigenvalue weighted by atomic mass is 16.5. The fraction of sp³-hybridized carbons (Fsp3) is 0.565. The van der Waals surface area contributed by atoms with Crippen LogP contribution in [0.15, 0.2) is 35.4 Å². The van der Waals surface area contributed by atoms with Crippen LogP contribution in [-0.2, 0) is 14.3 Å². The Labute approximate surface area is 186 Å². The van der Waals surface area contributed by atoms with Crippen LogP contribution in [0.4, 0.5) is 4.79 Å². The minimum atomic E-state index is -1.15. The van der Waals surface area contributed by atoms with Gasteiger partial charge in [-0.2, -0.15) is 5.10 Å². The molecule has 9 nitrogen and oxygen atoms in total. The molecule has 3 aliphatic rings. The topological polar surface area (TPSA) is 129 Å². The average molecular weight is 444 g/mol. The molecule has 0 radical (unpaired) electrons. The lowest BCUT2D eigenvalue weighted by molar-refractivity contribution is -0.144. The second-order valence-electron chi connectivity index (χ2n) is 8.72. The Morgan fingerprint density at radius 2 is 1.88 bits per heavy atom. The van der Waals surface area contributed by atoms with Gasteiger partial charge in [0.2, 0.25) is 11.8 Å². The molecule has 0 unspecified atom stereocenters. The number of aliphatic hydroxyl groups is 2. The van der Waals surface area contributed by atoms with Crippen molar-refractivity contribution in [2.75, 3.05) is 6.61 Å². The van der Waals surface area contributed by atoms with E-state index < -0.39 is 42.1 Å². The Kier molecular flexibility index (Phi) is 6.30. The molecule has 32 heavy (non-hydrogen) atoms. The van der Waals surface area contributed by atoms with Gasteiger partial charge in [-0.05, 0) is 32.3 Å². The van der Waals surface area contributed by atoms with Gasteiger partial charge in [0.25, 0.3) is 0 Å². The molecule has 172 valence electrons. The van der Waals surface area contributed by atoms with E-state index in [0.29, 0.717) is 18.6 Å². The molecule has 2 aliphatic carbocycles. The van der Waals surface area contributed by atoms with Crippen LogP contribution < -0.4 is 5.43 Å². The second-order valence-corrected chi connectivity index (χ2v) is 8.72. The zero-order chi connectivity index (χ0) is 23.0. The van der Waals surface area contributed by atoms with Crippen molar-refractivity contribution >= 4 is 23.6 Å². The van der Waals surface area contributed by atoms with Crippen LogP contribution in [0, 0.1) is 23.7 Å². The van der Waals surface area contributed by atoms with E-state index >= 15 is 0 Å². The predicted molar refractivity (Wildman–Crippen MR) is 114 cm³/mol. The Balaban J connectivity index is 1.62. The monoisotopic (exact) mass is 443 g/mol. The van der Waals surface area contributed by atoms with Crippen LogP contribution >= 0.6 is 0 Å². The van der Waals surface area contributed by atoms with Gasteiger partial charge in [-0.15, -0.1) is 0 Å². The zero-order valence-corrected chi connectivity index (χ0v) is 18.2. The number of imide groups is 1. The fourth-order valence-electron chi connectivity index (χ4n) is 5.57. The van der Waals surface area contributed by atoms with Crippen LogP contribution in [0.2, 0.25) is 0 Å². The highest BCUT2D eigenvalue weighted by Crippen LogP contribution is 2.50. The van der Waals surface area contributed by atoms with E-state index in [2.05, 4.69) is 10.5 Å². The van der Waals surface area contributed by atoms with Gasteiger partial charge >= 0.3 is 6.09 Å². The normalized spacial score (nSPS) is 34.1. The Morgan fingerprint density at radius 1 is 1.19 bits per heavy atom. The van der Waals surface area contributed by atoms with Gasteiger partial charge in [0, 0.05) is 24.0 Å². The van der Waals surface area contributed by atoms with E-state index in [0.717, 1.165) is 5.56 Å². The Bertz CT molecular complexity index is 920. The molecule has 3 fully saturated rings. The third kappa shape index (κ3) is 3.80. The van der Waals surface area contributed by atoms with Gasteiger partial charge in [-0.3, -0.25) is 14.5 Å². The molecule has 0 spiro atoms. The molecule has 7 atom stereocenters. The quantitative estimate of drug-likeness (QED) is 0.479. The maximum Gasteiger partial charge on any atom is 0.427 e. The zero-order valence-electron chi connectivity index (χ0n) is 18.2. The molecule has 0 aromatic heterocycles. The second kappa shape index (κ2) is 8.99. The van der Waals surface area contributed by atoms with Gasteiger partial charge < -0.3 is 14.9 Å². The lowest BCUT2D eigenvalue weighted by Crippen LogP contribution is -2.55. The molecule has 2 saturated carbocycles. The van der Waals surface area contributed by atoms with Crippen molar-refractivity contribution in [3.63, 3.8) is 0 Å². The van der Waals surface area contributed by atoms with Gasteiger partial charge in [-0.1, -0.05) is 30.3 Å². The average Bonchev–Trinajstić information content (AvgIpc) is 3.05. The number of aliphatic hydroxyl groups excluding tert-OH is 2. The number of carbonyl (C=O) groups is 3. The van der Waals surface area contributed by atoms with Crippen LogP contribution in [0.25, 0.3) is 0 Å². The lowest BCUT2D eigenvalue weighted by atomic mass is 9.60. The van der Waals surface area contributed by atoms with Crippen LogP contribution in [0.5, 0.6) is 0 Å². The van der Waals surface area contributed by atoms with Crippen LogP contribution in [-0.4, -0.2) is 57.5 Å². The van der Waals surface area contributed by atoms with Crippen LogP contribution in [0.3, 0.4) is 0 Å². The maximum absolute atomic E-state index is 13.5. The molecular weight excluding hydrogens is 414 g/mol. The highest BCUT2D eigenvalue weighted by Gasteiger charge is 2.60. The fourth-order valence-corrected chi connectivity index (χ4v) is 5.57. The summed E-state index contributed by atoms with van der Waals surface area (Å²) in [5.41, 5.74) is 3.69. The standard InChI is InChI=1S/C23H29N3O6/c1-3-32-23(31)25-24-16-11-17(27)20(28)18-14(16)9-10-15-19(18)22(30)26(21(15)29)12(2)13-7-5-4-6-8-13/h4-8,12,14-15,17-20,27-28H,3,9-11H2,1-2H3,(H,25,31)/t12-,14-,15+,17+,18-,19+,20+/m0/s1. The summed E-state index contributed by atoms with van der Waals surface area (Å²) in [6.07, 6.45) is -1.90. The third-order valence-electron chi connectivity index (χ3n) is 7.05. The molecule has 3 amide bonds. The molecule has 1 saturated heterocycles. The smallest absolute Gasteiger partial charge is 0.427 e. The first-order valence-corrected chi connectivity index (χ1v) is 11.1. The first-order valence-electron chi connectivity index (χ1n) is 11.1. The summed E-state index contributed by atoms with van der Waals surface area (Å²) in [5, 5.41) is 25.5. The Morgan fingerprint density at radius 3 is 2.56 bits per heavy atom. The van der Waals surface area contributed by atoms with E-state index in [1.54, 1.807) is 6.92 Å². The third-order valence-corrected chi connectivity index (χ3v) is 7.05. The number of fused-ring (bicyclic) bond motifs is 3. The molecule has 1 aromatic rings. The van der Waals surface area contributed by atoms with Crippen molar-refractivity contribution in [2.24, 2.45) is 28.8 Å². The summed E-state index contributed by atoms with van der Waals surface area (Å²) in [7, 11) is 0. The van der Waals surface area contributed by atoms with E-state index in [1.807, 2.05) is 37.3 Å². The molecule has 1 heterocycles. The molecule has 3 N–H and O–H groups in total. The highest BCUT2D eigenvalue weighted by molar-refractivity contribution is 6.06. The number of hydrogen-bond acceptors (Lipinski definition) is 7. The summed E-state index contributed by atoms with van der Waals surface area (Å²) in [6.45, 7) is 3.69. The van der Waals surface area contributed by atoms with Crippen molar-refractivity contribution in [3.05, 3.63) is 35.9 Å². The van der Waals surface area contributed by atoms with Gasteiger partial charge in [0.05, 0.1) is 36.7 Å². The van der Waals surface area contributed by atoms with Gasteiger partial charge in [0.15, 0.2) is 0 Å². The Hall–Kier alpha value is -2.78. The molecular formula is C23H29N3O6. The molecule has 4 rings (SSSR count). The number of carbonyl (C=O) groups excluding carboxylic acids is 3. The number of rotatable bonds is 4. The first kappa shape index (κ1) is 22.4. The van der Waals surface area contributed by atoms with Crippen molar-refractivity contribution in [3.8, 4) is 0 Å². The number of hydrogen-bond donors (Lipinski definition) is 3. The number of benzene rings is 1. The number of ether oxygens (including phenoxy) is 1. The number of amides is 3. The number of nitrogens with zero attached hydrogens (tertiary/aromatic N) is 2. The van der Waals surface area contributed by atoms with Crippen molar-refractivity contribution in [1.82, 2.24) is 10.3 Å². The number of likely N-dealkylation sites (tertiary alicyclic amines) is 1. The summed E-state index contributed by atoms with van der Waals surface area (Å²) in [5.74, 6) is -2.79. The summed E-state index contributed by atoms with van der Waals surface area (Å²) in [4.78, 5) is 39.7. The lowest BCUT2D eigenvalue weighted by Gasteiger charge is -2.45. The summed E-state index contributed by atoms with van der Waals surface area (Å²) < 4.78 is 4.83. The van der Waals surface area contributed by atoms with Crippen molar-refractivity contribution in [1.29, 1.82) is 0 Å².